The first-order valence-electron chi connectivity index (χ1n) is 7.12. The van der Waals surface area contributed by atoms with Gasteiger partial charge in [0.2, 0.25) is 0 Å². The van der Waals surface area contributed by atoms with Gasteiger partial charge in [0.25, 0.3) is 5.97 Å². The van der Waals surface area contributed by atoms with E-state index >= 15 is 0 Å². The van der Waals surface area contributed by atoms with E-state index in [1.807, 2.05) is 24.4 Å². The molecule has 128 valence electrons. The van der Waals surface area contributed by atoms with Crippen molar-refractivity contribution in [3.8, 4) is 22.1 Å². The van der Waals surface area contributed by atoms with Crippen LogP contribution in [0, 0.1) is 88.2 Å². The zero-order valence-electron chi connectivity index (χ0n) is 13.9. The van der Waals surface area contributed by atoms with Crippen molar-refractivity contribution in [1.82, 2.24) is 9.55 Å². The Balaban J connectivity index is 0.00000169. The minimum absolute atomic E-state index is 0. The molecule has 0 aliphatic heterocycles. The zero-order valence-corrected chi connectivity index (χ0v) is 23.1. The molecule has 1 aromatic carbocycles. The van der Waals surface area contributed by atoms with E-state index < -0.39 is 5.97 Å². The molecule has 0 saturated heterocycles. The quantitative estimate of drug-likeness (QED) is 0.400. The van der Waals surface area contributed by atoms with Gasteiger partial charge in [-0.1, -0.05) is 18.7 Å². The van der Waals surface area contributed by atoms with Crippen LogP contribution in [-0.2, 0) is 0 Å². The minimum atomic E-state index is -1.12. The summed E-state index contributed by atoms with van der Waals surface area (Å²) in [4.78, 5) is 16.5. The Labute approximate surface area is 203 Å². The van der Waals surface area contributed by atoms with Crippen LogP contribution in [0.15, 0.2) is 29.6 Å². The van der Waals surface area contributed by atoms with E-state index in [4.69, 9.17) is 4.74 Å². The van der Waals surface area contributed by atoms with Gasteiger partial charge in [0.1, 0.15) is 5.82 Å². The molecule has 0 bridgehead atoms. The van der Waals surface area contributed by atoms with Gasteiger partial charge in [0.05, 0.1) is 4.88 Å². The standard InChI is InChI=1S/C18H14N2O3S.2U/c1-11(2)23-14-7-4-6-13(10-14)20-12(3)16(18(21)22)19-17(20)15-8-5-9-24-15;;/h4-5,8-11H,1,3H2,2H3,(H,21,22);;/q-4;2*+2. The molecule has 1 N–H and O–H groups in total. The summed E-state index contributed by atoms with van der Waals surface area (Å²) in [6.07, 6.45) is -0.246. The molecule has 0 aliphatic rings. The maximum absolute atomic E-state index is 11.4. The number of ether oxygens (including phenoxy) is 1. The maximum atomic E-state index is 11.4. The summed E-state index contributed by atoms with van der Waals surface area (Å²) >= 11 is 1.47. The van der Waals surface area contributed by atoms with Crippen LogP contribution < -0.4 is 4.74 Å². The van der Waals surface area contributed by atoms with E-state index in [-0.39, 0.29) is 79.7 Å². The summed E-state index contributed by atoms with van der Waals surface area (Å²) in [5.41, 5.74) is 0.771. The van der Waals surface area contributed by atoms with Gasteiger partial charge in [0.15, 0.2) is 0 Å². The van der Waals surface area contributed by atoms with Crippen LogP contribution in [0.2, 0.25) is 0 Å². The molecule has 2 heterocycles. The molecule has 1 atom stereocenters. The van der Waals surface area contributed by atoms with Crippen LogP contribution in [0.5, 0.6) is 5.75 Å². The molecule has 0 fully saturated rings. The van der Waals surface area contributed by atoms with Crippen molar-refractivity contribution in [2.45, 2.75) is 13.0 Å². The van der Waals surface area contributed by atoms with Crippen LogP contribution in [0.3, 0.4) is 0 Å². The molecule has 0 spiro atoms. The Morgan fingerprint density at radius 3 is 2.73 bits per heavy atom. The topological polar surface area (TPSA) is 64.3 Å². The molecule has 2 aromatic heterocycles. The number of nitrogens with zero attached hydrogens (tertiary/aromatic N) is 2. The minimum Gasteiger partial charge on any atom is -0.572 e. The fourth-order valence-electron chi connectivity index (χ4n) is 2.26. The largest absolute Gasteiger partial charge is 2.00 e. The van der Waals surface area contributed by atoms with E-state index in [0.717, 1.165) is 4.88 Å². The normalized spacial score (nSPS) is 11.2. The van der Waals surface area contributed by atoms with Crippen molar-refractivity contribution in [2.24, 2.45) is 0 Å². The van der Waals surface area contributed by atoms with Crippen molar-refractivity contribution in [3.05, 3.63) is 67.0 Å². The van der Waals surface area contributed by atoms with E-state index in [9.17, 15) is 9.90 Å². The molecule has 0 saturated carbocycles. The summed E-state index contributed by atoms with van der Waals surface area (Å²) in [6, 6.07) is 13.0. The maximum Gasteiger partial charge on any atom is 2.00 e. The van der Waals surface area contributed by atoms with Crippen LogP contribution >= 0.6 is 11.3 Å². The van der Waals surface area contributed by atoms with Gasteiger partial charge in [0, 0.05) is 5.69 Å². The number of carboxylic acids is 1. The number of hydrogen-bond acceptors (Lipinski definition) is 4. The number of rotatable bonds is 5. The Morgan fingerprint density at radius 1 is 1.42 bits per heavy atom. The summed E-state index contributed by atoms with van der Waals surface area (Å²) in [5.74, 6) is -0.126. The van der Waals surface area contributed by atoms with Gasteiger partial charge in [-0.25, -0.2) is 13.0 Å². The molecule has 5 nitrogen and oxygen atoms in total. The van der Waals surface area contributed by atoms with Crippen molar-refractivity contribution < 1.29 is 76.9 Å². The van der Waals surface area contributed by atoms with Crippen LogP contribution in [-0.4, -0.2) is 26.7 Å². The number of imidazole rings is 1. The first-order chi connectivity index (χ1) is 11.5. The van der Waals surface area contributed by atoms with E-state index in [1.54, 1.807) is 16.7 Å². The first kappa shape index (κ1) is 23.4. The van der Waals surface area contributed by atoms with Gasteiger partial charge in [-0.3, -0.25) is 4.79 Å². The van der Waals surface area contributed by atoms with E-state index in [2.05, 4.69) is 31.0 Å². The molecule has 3 aromatic rings. The smallest absolute Gasteiger partial charge is 0.572 e. The number of thiophene rings is 1. The van der Waals surface area contributed by atoms with E-state index in [0.29, 0.717) is 17.3 Å². The molecule has 3 rings (SSSR count). The second-order valence-electron chi connectivity index (χ2n) is 5.10. The second-order valence-corrected chi connectivity index (χ2v) is 6.05. The molecule has 0 aliphatic carbocycles. The van der Waals surface area contributed by atoms with Crippen molar-refractivity contribution >= 4 is 17.3 Å². The Morgan fingerprint density at radius 2 is 2.15 bits per heavy atom. The molecule has 26 heavy (non-hydrogen) atoms. The average molecular weight is 814 g/mol. The molecule has 0 amide bonds. The molecule has 8 heteroatoms. The van der Waals surface area contributed by atoms with Gasteiger partial charge in [-0.15, -0.1) is 17.1 Å². The monoisotopic (exact) mass is 814 g/mol. The summed E-state index contributed by atoms with van der Waals surface area (Å²) in [6.45, 7) is 9.47. The number of carboxylic acid groups (broad SMARTS) is 1. The Bertz CT molecular complexity index is 877. The predicted octanol–water partition coefficient (Wildman–Crippen LogP) is 3.68. The number of hydrogen-bond donors (Lipinski definition) is 1. The summed E-state index contributed by atoms with van der Waals surface area (Å²) in [7, 11) is 0. The fraction of sp³-hybridized carbons (Fsp3) is 0.111. The number of aromatic nitrogens is 2. The van der Waals surface area contributed by atoms with Gasteiger partial charge >= 0.3 is 62.2 Å². The third kappa shape index (κ3) is 5.00. The molecular weight excluding hydrogens is 800 g/mol. The van der Waals surface area contributed by atoms with E-state index in [1.165, 1.54) is 11.3 Å². The van der Waals surface area contributed by atoms with Crippen molar-refractivity contribution in [3.63, 3.8) is 0 Å². The molecule has 0 radical (unpaired) electrons. The predicted molar refractivity (Wildman–Crippen MR) is 91.4 cm³/mol. The molecular formula is C18H14N2O3SU2. The number of benzene rings is 1. The van der Waals surface area contributed by atoms with Crippen LogP contribution in [0.25, 0.3) is 16.4 Å². The number of carbonyl (C=O) groups is 1. The third-order valence-corrected chi connectivity index (χ3v) is 4.05. The fourth-order valence-corrected chi connectivity index (χ4v) is 2.96. The van der Waals surface area contributed by atoms with Crippen LogP contribution in [0.4, 0.5) is 0 Å². The van der Waals surface area contributed by atoms with Crippen molar-refractivity contribution in [1.29, 1.82) is 0 Å². The van der Waals surface area contributed by atoms with Gasteiger partial charge in [-0.2, -0.15) is 5.69 Å². The number of aromatic carboxylic acids is 1. The molecule has 1 unspecified atom stereocenters. The first-order valence-corrected chi connectivity index (χ1v) is 8.00. The average Bonchev–Trinajstić information content (AvgIpc) is 3.14. The second kappa shape index (κ2) is 10.1. The SMILES string of the molecule is [CH2-]c1c(C(=O)O)nc(-c2cccs2)n1-c1[c-]c[c-]c(OC([CH2-])C)c1.[U+2].[U+2]. The van der Waals surface area contributed by atoms with Crippen molar-refractivity contribution in [2.75, 3.05) is 0 Å². The third-order valence-electron chi connectivity index (χ3n) is 3.19. The summed E-state index contributed by atoms with van der Waals surface area (Å²) in [5, 5.41) is 11.3. The summed E-state index contributed by atoms with van der Waals surface area (Å²) < 4.78 is 7.20. The van der Waals surface area contributed by atoms with Gasteiger partial charge < -0.3 is 44.5 Å². The van der Waals surface area contributed by atoms with Crippen LogP contribution in [0.1, 0.15) is 23.1 Å². The Hall–Kier alpha value is -0.626. The van der Waals surface area contributed by atoms with Gasteiger partial charge in [-0.05, 0) is 17.6 Å². The Kier molecular flexibility index (Phi) is 9.06. The zero-order chi connectivity index (χ0) is 17.3.